The van der Waals surface area contributed by atoms with Gasteiger partial charge in [0.15, 0.2) is 0 Å². The topological polar surface area (TPSA) is 38.9 Å². The lowest BCUT2D eigenvalue weighted by Gasteiger charge is -2.15. The van der Waals surface area contributed by atoms with E-state index in [1.807, 2.05) is 19.1 Å². The van der Waals surface area contributed by atoms with Crippen LogP contribution >= 0.6 is 27.7 Å². The lowest BCUT2D eigenvalue weighted by molar-refractivity contribution is 0.930. The Morgan fingerprint density at radius 2 is 2.05 bits per heavy atom. The van der Waals surface area contributed by atoms with Gasteiger partial charge in [0.1, 0.15) is 0 Å². The largest absolute Gasteiger partial charge is 0.329 e. The van der Waals surface area contributed by atoms with Crippen molar-refractivity contribution >= 4 is 27.7 Å². The molecule has 0 spiro atoms. The van der Waals surface area contributed by atoms with Crippen molar-refractivity contribution in [3.8, 4) is 0 Å². The van der Waals surface area contributed by atoms with Crippen LogP contribution in [0.4, 0.5) is 0 Å². The number of aryl methyl sites for hydroxylation is 2. The van der Waals surface area contributed by atoms with E-state index >= 15 is 0 Å². The zero-order valence-electron chi connectivity index (χ0n) is 11.1. The molecule has 19 heavy (non-hydrogen) atoms. The summed E-state index contributed by atoms with van der Waals surface area (Å²) in [5.41, 5.74) is 9.42. The van der Waals surface area contributed by atoms with Crippen LogP contribution in [-0.4, -0.2) is 11.5 Å². The number of aromatic nitrogens is 1. The minimum atomic E-state index is 0.228. The third-order valence-electron chi connectivity index (χ3n) is 2.77. The number of pyridine rings is 1. The standard InChI is InChI=1S/C15H17BrN2S/c1-10-6-11(2)18-15(7-10)19-14(9-17)12-4-3-5-13(16)8-12/h3-8,14H,9,17H2,1-2H3. The molecule has 0 fully saturated rings. The van der Waals surface area contributed by atoms with E-state index in [2.05, 4.69) is 52.1 Å². The van der Waals surface area contributed by atoms with Crippen molar-refractivity contribution in [3.63, 3.8) is 0 Å². The zero-order chi connectivity index (χ0) is 13.8. The third-order valence-corrected chi connectivity index (χ3v) is 4.46. The Morgan fingerprint density at radius 1 is 1.26 bits per heavy atom. The first-order valence-electron chi connectivity index (χ1n) is 6.16. The summed E-state index contributed by atoms with van der Waals surface area (Å²) in [6.45, 7) is 4.71. The maximum absolute atomic E-state index is 5.91. The summed E-state index contributed by atoms with van der Waals surface area (Å²) in [6, 6.07) is 12.5. The summed E-state index contributed by atoms with van der Waals surface area (Å²) in [4.78, 5) is 4.57. The van der Waals surface area contributed by atoms with E-state index in [4.69, 9.17) is 5.73 Å². The number of nitrogens with zero attached hydrogens (tertiary/aromatic N) is 1. The minimum absolute atomic E-state index is 0.228. The molecule has 2 N–H and O–H groups in total. The third kappa shape index (κ3) is 4.06. The quantitative estimate of drug-likeness (QED) is 0.848. The average Bonchev–Trinajstić information content (AvgIpc) is 2.34. The molecule has 4 heteroatoms. The van der Waals surface area contributed by atoms with E-state index in [0.29, 0.717) is 6.54 Å². The first-order chi connectivity index (χ1) is 9.08. The van der Waals surface area contributed by atoms with Gasteiger partial charge >= 0.3 is 0 Å². The summed E-state index contributed by atoms with van der Waals surface area (Å²) in [6.07, 6.45) is 0. The van der Waals surface area contributed by atoms with Crippen LogP contribution in [0.1, 0.15) is 22.1 Å². The molecule has 2 nitrogen and oxygen atoms in total. The molecule has 1 heterocycles. The van der Waals surface area contributed by atoms with Crippen LogP contribution in [0.15, 0.2) is 45.9 Å². The van der Waals surface area contributed by atoms with Gasteiger partial charge in [-0.15, -0.1) is 0 Å². The van der Waals surface area contributed by atoms with Crippen LogP contribution in [0.3, 0.4) is 0 Å². The van der Waals surface area contributed by atoms with Crippen molar-refractivity contribution in [2.24, 2.45) is 5.73 Å². The molecule has 1 aromatic heterocycles. The van der Waals surface area contributed by atoms with Gasteiger partial charge in [0.05, 0.1) is 5.03 Å². The zero-order valence-corrected chi connectivity index (χ0v) is 13.5. The van der Waals surface area contributed by atoms with Gasteiger partial charge in [-0.05, 0) is 49.2 Å². The van der Waals surface area contributed by atoms with Crippen LogP contribution in [0, 0.1) is 13.8 Å². The van der Waals surface area contributed by atoms with Crippen LogP contribution in [-0.2, 0) is 0 Å². The van der Waals surface area contributed by atoms with Crippen LogP contribution in [0.25, 0.3) is 0 Å². The van der Waals surface area contributed by atoms with Crippen LogP contribution in [0.5, 0.6) is 0 Å². The lowest BCUT2D eigenvalue weighted by atomic mass is 10.1. The molecule has 0 aliphatic rings. The SMILES string of the molecule is Cc1cc(C)nc(SC(CN)c2cccc(Br)c2)c1. The van der Waals surface area contributed by atoms with Gasteiger partial charge in [-0.1, -0.05) is 39.8 Å². The van der Waals surface area contributed by atoms with Gasteiger partial charge in [-0.2, -0.15) is 0 Å². The minimum Gasteiger partial charge on any atom is -0.329 e. The fourth-order valence-electron chi connectivity index (χ4n) is 1.97. The number of nitrogens with two attached hydrogens (primary N) is 1. The second kappa shape index (κ2) is 6.55. The predicted molar refractivity (Wildman–Crippen MR) is 85.5 cm³/mol. The molecular formula is C15H17BrN2S. The molecule has 0 bridgehead atoms. The molecule has 2 rings (SSSR count). The summed E-state index contributed by atoms with van der Waals surface area (Å²) in [5, 5.41) is 1.26. The van der Waals surface area contributed by atoms with E-state index in [0.717, 1.165) is 15.2 Å². The van der Waals surface area contributed by atoms with Crippen molar-refractivity contribution in [2.45, 2.75) is 24.1 Å². The van der Waals surface area contributed by atoms with Gasteiger partial charge in [0, 0.05) is 22.0 Å². The molecule has 0 aliphatic carbocycles. The Balaban J connectivity index is 2.23. The van der Waals surface area contributed by atoms with E-state index in [9.17, 15) is 0 Å². The predicted octanol–water partition coefficient (Wildman–Crippen LogP) is 4.25. The highest BCUT2D eigenvalue weighted by Gasteiger charge is 2.13. The van der Waals surface area contributed by atoms with Crippen molar-refractivity contribution < 1.29 is 0 Å². The molecule has 0 aliphatic heterocycles. The van der Waals surface area contributed by atoms with E-state index in [-0.39, 0.29) is 5.25 Å². The smallest absolute Gasteiger partial charge is 0.0972 e. The Morgan fingerprint density at radius 3 is 2.68 bits per heavy atom. The Labute approximate surface area is 126 Å². The highest BCUT2D eigenvalue weighted by Crippen LogP contribution is 2.34. The van der Waals surface area contributed by atoms with E-state index < -0.39 is 0 Å². The van der Waals surface area contributed by atoms with Gasteiger partial charge in [0.2, 0.25) is 0 Å². The van der Waals surface area contributed by atoms with E-state index in [1.165, 1.54) is 11.1 Å². The molecule has 2 aromatic rings. The molecule has 1 aromatic carbocycles. The molecular weight excluding hydrogens is 320 g/mol. The monoisotopic (exact) mass is 336 g/mol. The fourth-order valence-corrected chi connectivity index (χ4v) is 3.51. The maximum atomic E-state index is 5.91. The number of thioether (sulfide) groups is 1. The van der Waals surface area contributed by atoms with Gasteiger partial charge in [-0.25, -0.2) is 4.98 Å². The summed E-state index contributed by atoms with van der Waals surface area (Å²) in [7, 11) is 0. The van der Waals surface area contributed by atoms with Gasteiger partial charge < -0.3 is 5.73 Å². The Kier molecular flexibility index (Phi) is 5.02. The molecule has 0 radical (unpaired) electrons. The van der Waals surface area contributed by atoms with Crippen LogP contribution < -0.4 is 5.73 Å². The number of hydrogen-bond donors (Lipinski definition) is 1. The molecule has 1 unspecified atom stereocenters. The summed E-state index contributed by atoms with van der Waals surface area (Å²) in [5.74, 6) is 0. The molecule has 0 saturated heterocycles. The number of rotatable bonds is 4. The molecule has 1 atom stereocenters. The second-order valence-corrected chi connectivity index (χ2v) is 6.66. The maximum Gasteiger partial charge on any atom is 0.0972 e. The Bertz CT molecular complexity index is 552. The first kappa shape index (κ1) is 14.6. The van der Waals surface area contributed by atoms with Crippen molar-refractivity contribution in [3.05, 3.63) is 57.7 Å². The fraction of sp³-hybridized carbons (Fsp3) is 0.267. The second-order valence-electron chi connectivity index (χ2n) is 4.52. The van der Waals surface area contributed by atoms with Crippen LogP contribution in [0.2, 0.25) is 0 Å². The van der Waals surface area contributed by atoms with E-state index in [1.54, 1.807) is 11.8 Å². The number of halogens is 1. The molecule has 0 saturated carbocycles. The van der Waals surface area contributed by atoms with Crippen molar-refractivity contribution in [1.82, 2.24) is 4.98 Å². The van der Waals surface area contributed by atoms with Gasteiger partial charge in [-0.3, -0.25) is 0 Å². The number of benzene rings is 1. The van der Waals surface area contributed by atoms with Crippen molar-refractivity contribution in [2.75, 3.05) is 6.54 Å². The highest BCUT2D eigenvalue weighted by atomic mass is 79.9. The van der Waals surface area contributed by atoms with Gasteiger partial charge in [0.25, 0.3) is 0 Å². The highest BCUT2D eigenvalue weighted by molar-refractivity contribution is 9.10. The number of hydrogen-bond acceptors (Lipinski definition) is 3. The molecule has 100 valence electrons. The normalized spacial score (nSPS) is 12.4. The summed E-state index contributed by atoms with van der Waals surface area (Å²) >= 11 is 5.22. The summed E-state index contributed by atoms with van der Waals surface area (Å²) < 4.78 is 1.08. The first-order valence-corrected chi connectivity index (χ1v) is 7.83. The lowest BCUT2D eigenvalue weighted by Crippen LogP contribution is -2.09. The van der Waals surface area contributed by atoms with Crippen molar-refractivity contribution in [1.29, 1.82) is 0 Å². The molecule has 0 amide bonds. The Hall–Kier alpha value is -0.840. The average molecular weight is 337 g/mol.